The van der Waals surface area contributed by atoms with Gasteiger partial charge in [0.05, 0.1) is 11.4 Å². The molecule has 4 heterocycles. The highest BCUT2D eigenvalue weighted by Crippen LogP contribution is 2.28. The van der Waals surface area contributed by atoms with Gasteiger partial charge in [-0.2, -0.15) is 0 Å². The Morgan fingerprint density at radius 2 is 1.77 bits per heavy atom. The third kappa shape index (κ3) is 7.92. The van der Waals surface area contributed by atoms with Gasteiger partial charge in [-0.15, -0.1) is 0 Å². The smallest absolute Gasteiger partial charge is 0.133 e. The molecule has 0 bridgehead atoms. The van der Waals surface area contributed by atoms with Gasteiger partial charge in [-0.3, -0.25) is 4.90 Å². The number of anilines is 1. The summed E-state index contributed by atoms with van der Waals surface area (Å²) in [4.78, 5) is 19.5. The van der Waals surface area contributed by atoms with E-state index in [0.29, 0.717) is 22.4 Å². The van der Waals surface area contributed by atoms with Gasteiger partial charge in [0.15, 0.2) is 0 Å². The molecule has 2 saturated heterocycles. The highest BCUT2D eigenvalue weighted by molar-refractivity contribution is 6.35. The van der Waals surface area contributed by atoms with Crippen LogP contribution < -0.4 is 15.5 Å². The van der Waals surface area contributed by atoms with Gasteiger partial charge in [0.1, 0.15) is 11.6 Å². The van der Waals surface area contributed by atoms with Crippen molar-refractivity contribution in [2.75, 3.05) is 50.7 Å². The van der Waals surface area contributed by atoms with Crippen LogP contribution in [-0.4, -0.2) is 65.7 Å². The molecule has 0 radical (unpaired) electrons. The van der Waals surface area contributed by atoms with Crippen molar-refractivity contribution in [1.82, 2.24) is 30.5 Å². The van der Waals surface area contributed by atoms with Gasteiger partial charge >= 0.3 is 0 Å². The molecule has 2 aliphatic heterocycles. The molecule has 0 spiro atoms. The van der Waals surface area contributed by atoms with E-state index in [1.165, 1.54) is 12.8 Å². The number of likely N-dealkylation sites (tertiary alicyclic amines) is 1. The number of hydrogen-bond acceptors (Lipinski definition) is 7. The summed E-state index contributed by atoms with van der Waals surface area (Å²) in [5.74, 6) is 2.47. The lowest BCUT2D eigenvalue weighted by Crippen LogP contribution is -2.43. The minimum Gasteiger partial charge on any atom is -0.389 e. The maximum Gasteiger partial charge on any atom is 0.133 e. The Hall–Kier alpha value is -2.71. The van der Waals surface area contributed by atoms with Crippen molar-refractivity contribution >= 4 is 29.0 Å². The second kappa shape index (κ2) is 13.1. The minimum absolute atomic E-state index is 0.595. The number of halogens is 2. The molecule has 0 aliphatic carbocycles. The van der Waals surface area contributed by atoms with E-state index in [0.717, 1.165) is 92.2 Å². The van der Waals surface area contributed by atoms with Crippen LogP contribution in [0.15, 0.2) is 54.9 Å². The van der Waals surface area contributed by atoms with Gasteiger partial charge in [0.25, 0.3) is 0 Å². The largest absolute Gasteiger partial charge is 0.389 e. The molecule has 2 aromatic heterocycles. The topological polar surface area (TPSA) is 69.2 Å². The average Bonchev–Trinajstić information content (AvgIpc) is 2.93. The molecule has 0 unspecified atom stereocenters. The highest BCUT2D eigenvalue weighted by Gasteiger charge is 2.20. The van der Waals surface area contributed by atoms with Crippen molar-refractivity contribution in [3.05, 3.63) is 82.0 Å². The first-order valence-electron chi connectivity index (χ1n) is 13.8. The van der Waals surface area contributed by atoms with E-state index < -0.39 is 0 Å². The molecular formula is C30H37Cl2N7. The number of nitrogens with one attached hydrogen (secondary N) is 2. The molecule has 9 heteroatoms. The zero-order valence-electron chi connectivity index (χ0n) is 22.6. The Morgan fingerprint density at radius 3 is 2.44 bits per heavy atom. The van der Waals surface area contributed by atoms with Crippen LogP contribution in [0, 0.1) is 5.92 Å². The molecule has 39 heavy (non-hydrogen) atoms. The van der Waals surface area contributed by atoms with Crippen LogP contribution >= 0.6 is 23.2 Å². The summed E-state index contributed by atoms with van der Waals surface area (Å²) in [5, 5.41) is 7.98. The Morgan fingerprint density at radius 1 is 1.03 bits per heavy atom. The fraction of sp³-hybridized carbons (Fsp3) is 0.433. The average molecular weight is 567 g/mol. The van der Waals surface area contributed by atoms with Gasteiger partial charge in [0.2, 0.25) is 0 Å². The molecule has 3 aromatic rings. The summed E-state index contributed by atoms with van der Waals surface area (Å²) in [5.41, 5.74) is 4.87. The van der Waals surface area contributed by atoms with E-state index >= 15 is 0 Å². The Balaban J connectivity index is 1.33. The van der Waals surface area contributed by atoms with Crippen LogP contribution in [0.2, 0.25) is 10.0 Å². The first-order valence-corrected chi connectivity index (χ1v) is 14.5. The maximum absolute atomic E-state index is 6.34. The van der Waals surface area contributed by atoms with Gasteiger partial charge in [0, 0.05) is 73.2 Å². The summed E-state index contributed by atoms with van der Waals surface area (Å²) in [6, 6.07) is 11.9. The van der Waals surface area contributed by atoms with E-state index in [-0.39, 0.29) is 0 Å². The van der Waals surface area contributed by atoms with Gasteiger partial charge in [-0.1, -0.05) is 35.8 Å². The third-order valence-electron chi connectivity index (χ3n) is 7.38. The molecule has 7 nitrogen and oxygen atoms in total. The molecule has 0 amide bonds. The fourth-order valence-electron chi connectivity index (χ4n) is 5.24. The van der Waals surface area contributed by atoms with Crippen LogP contribution in [0.3, 0.4) is 0 Å². The van der Waals surface area contributed by atoms with Crippen molar-refractivity contribution in [2.24, 2.45) is 5.92 Å². The summed E-state index contributed by atoms with van der Waals surface area (Å²) >= 11 is 12.7. The first-order chi connectivity index (χ1) is 18.9. The summed E-state index contributed by atoms with van der Waals surface area (Å²) in [6.07, 6.45) is 4.89. The normalized spacial score (nSPS) is 16.8. The number of rotatable bonds is 9. The van der Waals surface area contributed by atoms with Crippen LogP contribution in [0.25, 0.3) is 11.3 Å². The number of nitrogens with zero attached hydrogens (tertiary/aromatic N) is 5. The number of piperidine rings is 1. The van der Waals surface area contributed by atoms with E-state index in [2.05, 4.69) is 45.2 Å². The van der Waals surface area contributed by atoms with Crippen molar-refractivity contribution in [1.29, 1.82) is 0 Å². The summed E-state index contributed by atoms with van der Waals surface area (Å²) < 4.78 is 0. The summed E-state index contributed by atoms with van der Waals surface area (Å²) in [6.45, 7) is 13.8. The minimum atomic E-state index is 0.595. The molecule has 2 fully saturated rings. The van der Waals surface area contributed by atoms with E-state index in [1.54, 1.807) is 6.07 Å². The third-order valence-corrected chi connectivity index (χ3v) is 7.82. The number of piperazine rings is 1. The Bertz CT molecular complexity index is 1250. The van der Waals surface area contributed by atoms with Gasteiger partial charge < -0.3 is 15.5 Å². The fourth-order valence-corrected chi connectivity index (χ4v) is 5.77. The number of allylic oxidation sites excluding steroid dienone is 1. The van der Waals surface area contributed by atoms with Gasteiger partial charge in [-0.05, 0) is 74.7 Å². The standard InChI is InChI=1S/C30H37Cl2N7/c1-21(2)34-18-22-5-9-38(10-6-22)20-27-17-28(24-14-25(31)16-26(32)15-24)37-29(36-27)13-23-3-4-30(35-19-23)39-11-7-33-8-12-39/h3-4,14-17,19,22,33-34H,1,5-13,18,20H2,2H3. The lowest BCUT2D eigenvalue weighted by atomic mass is 9.96. The lowest BCUT2D eigenvalue weighted by molar-refractivity contribution is 0.175. The van der Waals surface area contributed by atoms with Crippen molar-refractivity contribution in [3.63, 3.8) is 0 Å². The molecule has 2 aliphatic rings. The summed E-state index contributed by atoms with van der Waals surface area (Å²) in [7, 11) is 0. The van der Waals surface area contributed by atoms with E-state index in [9.17, 15) is 0 Å². The van der Waals surface area contributed by atoms with Crippen LogP contribution in [-0.2, 0) is 13.0 Å². The SMILES string of the molecule is C=C(C)NCC1CCN(Cc2cc(-c3cc(Cl)cc(Cl)c3)nc(Cc3ccc(N4CCNCC4)nc3)n2)CC1. The number of hydrogen-bond donors (Lipinski definition) is 2. The van der Waals surface area contributed by atoms with Gasteiger partial charge in [-0.25, -0.2) is 15.0 Å². The highest BCUT2D eigenvalue weighted by atomic mass is 35.5. The zero-order chi connectivity index (χ0) is 27.2. The molecule has 5 rings (SSSR count). The van der Waals surface area contributed by atoms with Crippen molar-refractivity contribution in [2.45, 2.75) is 32.7 Å². The predicted molar refractivity (Wildman–Crippen MR) is 160 cm³/mol. The molecule has 0 saturated carbocycles. The van der Waals surface area contributed by atoms with Crippen molar-refractivity contribution in [3.8, 4) is 11.3 Å². The van der Waals surface area contributed by atoms with E-state index in [4.69, 9.17) is 38.2 Å². The second-order valence-corrected chi connectivity index (χ2v) is 11.5. The number of aromatic nitrogens is 3. The van der Waals surface area contributed by atoms with Crippen molar-refractivity contribution < 1.29 is 0 Å². The number of benzene rings is 1. The molecule has 1 aromatic carbocycles. The maximum atomic E-state index is 6.34. The van der Waals surface area contributed by atoms with Crippen LogP contribution in [0.1, 0.15) is 36.8 Å². The monoisotopic (exact) mass is 565 g/mol. The molecule has 206 valence electrons. The first kappa shape index (κ1) is 27.8. The molecule has 0 atom stereocenters. The van der Waals surface area contributed by atoms with Crippen LogP contribution in [0.5, 0.6) is 0 Å². The predicted octanol–water partition coefficient (Wildman–Crippen LogP) is 5.18. The number of pyridine rings is 1. The Labute approximate surface area is 241 Å². The Kier molecular flexibility index (Phi) is 9.35. The quantitative estimate of drug-likeness (QED) is 0.370. The second-order valence-electron chi connectivity index (χ2n) is 10.6. The molecule has 2 N–H and O–H groups in total. The van der Waals surface area contributed by atoms with Crippen LogP contribution in [0.4, 0.5) is 5.82 Å². The lowest BCUT2D eigenvalue weighted by Gasteiger charge is -2.32. The molecular weight excluding hydrogens is 529 g/mol. The zero-order valence-corrected chi connectivity index (χ0v) is 24.1. The van der Waals surface area contributed by atoms with E-state index in [1.807, 2.05) is 25.3 Å².